The van der Waals surface area contributed by atoms with E-state index in [9.17, 15) is 28.0 Å². The number of carbonyl (C=O) groups is 2. The molecule has 29 heavy (non-hydrogen) atoms. The summed E-state index contributed by atoms with van der Waals surface area (Å²) in [5.74, 6) is -0.698. The Morgan fingerprint density at radius 2 is 2.10 bits per heavy atom. The molecule has 0 saturated carbocycles. The minimum Gasteiger partial charge on any atom is -0.463 e. The Labute approximate surface area is 169 Å². The highest BCUT2D eigenvalue weighted by atomic mass is 32.2. The molecule has 2 rings (SSSR count). The lowest BCUT2D eigenvalue weighted by molar-refractivity contribution is -0.139. The highest BCUT2D eigenvalue weighted by molar-refractivity contribution is 7.99. The third-order valence-electron chi connectivity index (χ3n) is 4.03. The average molecular weight is 428 g/mol. The summed E-state index contributed by atoms with van der Waals surface area (Å²) in [4.78, 5) is 28.3. The molecule has 0 radical (unpaired) electrons. The predicted octanol–water partition coefficient (Wildman–Crippen LogP) is 3.28. The Morgan fingerprint density at radius 1 is 1.41 bits per heavy atom. The van der Waals surface area contributed by atoms with Gasteiger partial charge in [-0.15, -0.1) is 0 Å². The van der Waals surface area contributed by atoms with Crippen molar-refractivity contribution in [3.8, 4) is 6.07 Å². The van der Waals surface area contributed by atoms with Gasteiger partial charge in [0.15, 0.2) is 0 Å². The first-order valence-electron chi connectivity index (χ1n) is 8.71. The summed E-state index contributed by atoms with van der Waals surface area (Å²) in [5.41, 5.74) is -1.17. The molecule has 0 spiro atoms. The lowest BCUT2D eigenvalue weighted by atomic mass is 10.0. The number of pyridine rings is 1. The van der Waals surface area contributed by atoms with Crippen molar-refractivity contribution in [3.63, 3.8) is 0 Å². The zero-order valence-corrected chi connectivity index (χ0v) is 16.8. The molecule has 1 aliphatic rings. The molecule has 1 atom stereocenters. The fraction of sp³-hybridized carbons (Fsp3) is 0.444. The van der Waals surface area contributed by atoms with Crippen LogP contribution in [0.1, 0.15) is 37.1 Å². The van der Waals surface area contributed by atoms with E-state index in [2.05, 4.69) is 15.6 Å². The van der Waals surface area contributed by atoms with Crippen molar-refractivity contribution in [1.29, 1.82) is 5.26 Å². The Balaban J connectivity index is 2.44. The number of hydrogen-bond acceptors (Lipinski definition) is 6. The first kappa shape index (κ1) is 22.5. The number of nitrogens with zero attached hydrogens (tertiary/aromatic N) is 2. The van der Waals surface area contributed by atoms with Crippen LogP contribution in [0, 0.1) is 18.3 Å². The van der Waals surface area contributed by atoms with Crippen molar-refractivity contribution < 1.29 is 27.5 Å². The number of hydrogen-bond donors (Lipinski definition) is 2. The number of rotatable bonds is 6. The summed E-state index contributed by atoms with van der Waals surface area (Å²) in [7, 11) is 0. The smallest absolute Gasteiger partial charge is 0.417 e. The number of aryl methyl sites for hydroxylation is 1. The van der Waals surface area contributed by atoms with Crippen molar-refractivity contribution in [2.75, 3.05) is 12.4 Å². The second kappa shape index (κ2) is 9.17. The molecule has 156 valence electrons. The van der Waals surface area contributed by atoms with E-state index in [0.717, 1.165) is 17.8 Å². The third kappa shape index (κ3) is 5.20. The highest BCUT2D eigenvalue weighted by Crippen LogP contribution is 2.36. The molecule has 0 aromatic carbocycles. The standard InChI is InChI=1S/C18H19F3N4O3S/c1-4-12-14(16(26)28-5-2)13(25-17(27)24-12)8-29-15-10(7-22)11(18(19,20)21)6-9(3)23-15/h6,12H,4-5,8H2,1-3H3,(H2,24,25,27)/t12-/m0/s1. The van der Waals surface area contributed by atoms with Crippen LogP contribution in [0.3, 0.4) is 0 Å². The van der Waals surface area contributed by atoms with E-state index in [-0.39, 0.29) is 34.3 Å². The molecule has 2 N–H and O–H groups in total. The first-order chi connectivity index (χ1) is 13.6. The number of ether oxygens (including phenoxy) is 1. The fourth-order valence-corrected chi connectivity index (χ4v) is 3.81. The van der Waals surface area contributed by atoms with Gasteiger partial charge in [0.2, 0.25) is 0 Å². The van der Waals surface area contributed by atoms with Gasteiger partial charge < -0.3 is 15.4 Å². The van der Waals surface area contributed by atoms with Crippen molar-refractivity contribution >= 4 is 23.8 Å². The number of urea groups is 1. The van der Waals surface area contributed by atoms with E-state index < -0.39 is 35.3 Å². The highest BCUT2D eigenvalue weighted by Gasteiger charge is 2.36. The summed E-state index contributed by atoms with van der Waals surface area (Å²) >= 11 is 0.835. The summed E-state index contributed by atoms with van der Waals surface area (Å²) < 4.78 is 44.8. The second-order valence-electron chi connectivity index (χ2n) is 6.06. The summed E-state index contributed by atoms with van der Waals surface area (Å²) in [6.45, 7) is 4.92. The number of carbonyl (C=O) groups excluding carboxylic acids is 2. The van der Waals surface area contributed by atoms with Crippen LogP contribution in [0.4, 0.5) is 18.0 Å². The number of nitriles is 1. The fourth-order valence-electron chi connectivity index (χ4n) is 2.80. The minimum atomic E-state index is -4.71. The molecule has 1 aromatic heterocycles. The Hall–Kier alpha value is -2.74. The van der Waals surface area contributed by atoms with Crippen LogP contribution in [-0.4, -0.2) is 35.4 Å². The lowest BCUT2D eigenvalue weighted by Gasteiger charge is -2.28. The van der Waals surface area contributed by atoms with Crippen LogP contribution in [0.2, 0.25) is 0 Å². The maximum absolute atomic E-state index is 13.3. The maximum atomic E-state index is 13.3. The normalized spacial score (nSPS) is 16.7. The summed E-state index contributed by atoms with van der Waals surface area (Å²) in [6, 6.07) is 1.24. The Bertz CT molecular complexity index is 894. The molecule has 11 heteroatoms. The molecule has 1 aliphatic heterocycles. The van der Waals surface area contributed by atoms with Crippen molar-refractivity contribution in [2.45, 2.75) is 44.4 Å². The van der Waals surface area contributed by atoms with E-state index in [4.69, 9.17) is 4.74 Å². The summed E-state index contributed by atoms with van der Waals surface area (Å²) in [5, 5.41) is 14.2. The van der Waals surface area contributed by atoms with Gasteiger partial charge in [0, 0.05) is 17.1 Å². The average Bonchev–Trinajstić information content (AvgIpc) is 2.64. The number of alkyl halides is 3. The van der Waals surface area contributed by atoms with Crippen LogP contribution in [-0.2, 0) is 15.7 Å². The van der Waals surface area contributed by atoms with Gasteiger partial charge in [0.25, 0.3) is 0 Å². The van der Waals surface area contributed by atoms with Gasteiger partial charge in [-0.05, 0) is 26.3 Å². The second-order valence-corrected chi connectivity index (χ2v) is 7.03. The number of nitrogens with one attached hydrogen (secondary N) is 2. The van der Waals surface area contributed by atoms with Crippen molar-refractivity contribution in [1.82, 2.24) is 15.6 Å². The largest absolute Gasteiger partial charge is 0.463 e. The van der Waals surface area contributed by atoms with Gasteiger partial charge in [0.05, 0.1) is 29.3 Å². The SMILES string of the molecule is CCOC(=O)C1=C(CSc2nc(C)cc(C(F)(F)F)c2C#N)NC(=O)N[C@H]1CC. The predicted molar refractivity (Wildman–Crippen MR) is 98.8 cm³/mol. The van der Waals surface area contributed by atoms with Crippen LogP contribution in [0.5, 0.6) is 0 Å². The number of thioether (sulfide) groups is 1. The van der Waals surface area contributed by atoms with Crippen LogP contribution >= 0.6 is 11.8 Å². The molecule has 7 nitrogen and oxygen atoms in total. The van der Waals surface area contributed by atoms with Gasteiger partial charge in [-0.1, -0.05) is 18.7 Å². The molecular formula is C18H19F3N4O3S. The van der Waals surface area contributed by atoms with Crippen LogP contribution in [0.15, 0.2) is 22.4 Å². The molecule has 0 bridgehead atoms. The monoisotopic (exact) mass is 428 g/mol. The van der Waals surface area contributed by atoms with E-state index in [0.29, 0.717) is 6.42 Å². The van der Waals surface area contributed by atoms with E-state index in [1.54, 1.807) is 19.9 Å². The molecular weight excluding hydrogens is 409 g/mol. The maximum Gasteiger partial charge on any atom is 0.417 e. The molecule has 0 unspecified atom stereocenters. The minimum absolute atomic E-state index is 0.0690. The number of amides is 2. The van der Waals surface area contributed by atoms with Crippen LogP contribution < -0.4 is 10.6 Å². The molecule has 2 amide bonds. The Kier molecular flexibility index (Phi) is 7.13. The zero-order chi connectivity index (χ0) is 21.8. The number of esters is 1. The van der Waals surface area contributed by atoms with Crippen LogP contribution in [0.25, 0.3) is 0 Å². The molecule has 0 fully saturated rings. The van der Waals surface area contributed by atoms with Gasteiger partial charge in [-0.25, -0.2) is 14.6 Å². The number of halogens is 3. The Morgan fingerprint density at radius 3 is 2.66 bits per heavy atom. The van der Waals surface area contributed by atoms with E-state index in [1.165, 1.54) is 6.92 Å². The molecule has 1 aromatic rings. The van der Waals surface area contributed by atoms with Gasteiger partial charge in [-0.3, -0.25) is 0 Å². The third-order valence-corrected chi connectivity index (χ3v) is 5.03. The molecule has 0 saturated heterocycles. The molecule has 0 aliphatic carbocycles. The molecule has 2 heterocycles. The zero-order valence-electron chi connectivity index (χ0n) is 15.9. The van der Waals surface area contributed by atoms with Gasteiger partial charge >= 0.3 is 18.2 Å². The number of aromatic nitrogens is 1. The van der Waals surface area contributed by atoms with E-state index in [1.807, 2.05) is 0 Å². The lowest BCUT2D eigenvalue weighted by Crippen LogP contribution is -2.50. The summed E-state index contributed by atoms with van der Waals surface area (Å²) in [6.07, 6.45) is -4.29. The first-order valence-corrected chi connectivity index (χ1v) is 9.70. The van der Waals surface area contributed by atoms with Gasteiger partial charge in [-0.2, -0.15) is 18.4 Å². The van der Waals surface area contributed by atoms with E-state index >= 15 is 0 Å². The quantitative estimate of drug-likeness (QED) is 0.532. The van der Waals surface area contributed by atoms with Crippen molar-refractivity contribution in [3.05, 3.63) is 34.2 Å². The topological polar surface area (TPSA) is 104 Å². The van der Waals surface area contributed by atoms with Crippen molar-refractivity contribution in [2.24, 2.45) is 0 Å². The van der Waals surface area contributed by atoms with Gasteiger partial charge in [0.1, 0.15) is 11.1 Å².